The van der Waals surface area contributed by atoms with Gasteiger partial charge in [-0.2, -0.15) is 0 Å². The molecule has 3 N–H and O–H groups in total. The fourth-order valence-corrected chi connectivity index (χ4v) is 3.44. The number of thiazole rings is 1. The summed E-state index contributed by atoms with van der Waals surface area (Å²) in [4.78, 5) is 48.1. The Morgan fingerprint density at radius 2 is 1.87 bits per heavy atom. The first-order chi connectivity index (χ1) is 14.2. The van der Waals surface area contributed by atoms with Crippen molar-refractivity contribution in [3.05, 3.63) is 11.1 Å². The third-order valence-corrected chi connectivity index (χ3v) is 4.90. The molecule has 11 nitrogen and oxygen atoms in total. The van der Waals surface area contributed by atoms with E-state index in [0.29, 0.717) is 29.9 Å². The van der Waals surface area contributed by atoms with Gasteiger partial charge in [-0.3, -0.25) is 14.5 Å². The fraction of sp³-hybridized carbons (Fsp3) is 0.611. The number of rotatable bonds is 8. The zero-order valence-corrected chi connectivity index (χ0v) is 17.8. The molecule has 2 heterocycles. The highest BCUT2D eigenvalue weighted by atomic mass is 32.1. The number of amides is 1. The van der Waals surface area contributed by atoms with Gasteiger partial charge in [0.1, 0.15) is 0 Å². The number of piperidine rings is 1. The molecule has 1 aliphatic heterocycles. The average Bonchev–Trinajstić information content (AvgIpc) is 3.10. The van der Waals surface area contributed by atoms with Crippen LogP contribution in [0.3, 0.4) is 0 Å². The number of carboxylic acid groups (broad SMARTS) is 2. The van der Waals surface area contributed by atoms with Crippen molar-refractivity contribution in [2.24, 2.45) is 5.92 Å². The molecule has 0 aromatic carbocycles. The molecule has 2 rings (SSSR count). The molecule has 0 atom stereocenters. The van der Waals surface area contributed by atoms with E-state index in [4.69, 9.17) is 29.3 Å². The van der Waals surface area contributed by atoms with Gasteiger partial charge in [0, 0.05) is 19.1 Å². The smallest absolute Gasteiger partial charge is 0.414 e. The molecule has 0 radical (unpaired) electrons. The van der Waals surface area contributed by atoms with Crippen LogP contribution < -0.4 is 5.32 Å². The van der Waals surface area contributed by atoms with Gasteiger partial charge in [0.15, 0.2) is 5.13 Å². The number of ether oxygens (including phenoxy) is 2. The van der Waals surface area contributed by atoms with Crippen molar-refractivity contribution in [1.82, 2.24) is 9.88 Å². The van der Waals surface area contributed by atoms with Crippen LogP contribution >= 0.6 is 11.3 Å². The van der Waals surface area contributed by atoms with E-state index >= 15 is 0 Å². The van der Waals surface area contributed by atoms with Crippen LogP contribution in [0.2, 0.25) is 0 Å². The van der Waals surface area contributed by atoms with Crippen molar-refractivity contribution >= 4 is 40.3 Å². The van der Waals surface area contributed by atoms with Crippen LogP contribution in [0.4, 0.5) is 5.13 Å². The number of hydrogen-bond acceptors (Lipinski definition) is 9. The minimum Gasteiger partial charge on any atom is -0.473 e. The van der Waals surface area contributed by atoms with Crippen molar-refractivity contribution in [3.63, 3.8) is 0 Å². The Labute approximate surface area is 178 Å². The highest BCUT2D eigenvalue weighted by molar-refractivity contribution is 7.13. The minimum absolute atomic E-state index is 0.0720. The summed E-state index contributed by atoms with van der Waals surface area (Å²) in [6.45, 7) is 5.10. The Balaban J connectivity index is 0.000000656. The van der Waals surface area contributed by atoms with Gasteiger partial charge >= 0.3 is 17.9 Å². The fourth-order valence-electron chi connectivity index (χ4n) is 2.71. The number of carbonyl (C=O) groups is 4. The molecule has 0 bridgehead atoms. The third-order valence-electron chi connectivity index (χ3n) is 4.09. The molecule has 0 unspecified atom stereocenters. The molecule has 0 saturated carbocycles. The van der Waals surface area contributed by atoms with E-state index in [0.717, 1.165) is 32.5 Å². The quantitative estimate of drug-likeness (QED) is 0.384. The van der Waals surface area contributed by atoms with Gasteiger partial charge in [-0.1, -0.05) is 0 Å². The summed E-state index contributed by atoms with van der Waals surface area (Å²) in [5, 5.41) is 19.9. The number of aromatic nitrogens is 1. The van der Waals surface area contributed by atoms with Crippen LogP contribution in [0.5, 0.6) is 0 Å². The third kappa shape index (κ3) is 10.3. The van der Waals surface area contributed by atoms with Crippen molar-refractivity contribution < 1.29 is 38.9 Å². The number of aliphatic carboxylic acids is 2. The summed E-state index contributed by atoms with van der Waals surface area (Å²) in [5.74, 6) is -3.43. The van der Waals surface area contributed by atoms with Gasteiger partial charge in [0.25, 0.3) is 0 Å². The predicted molar refractivity (Wildman–Crippen MR) is 107 cm³/mol. The normalized spacial score (nSPS) is 14.3. The van der Waals surface area contributed by atoms with Crippen LogP contribution in [0.1, 0.15) is 25.5 Å². The van der Waals surface area contributed by atoms with Gasteiger partial charge in [-0.05, 0) is 38.8 Å². The number of esters is 1. The number of carboxylic acids is 2. The summed E-state index contributed by atoms with van der Waals surface area (Å²) >= 11 is 1.32. The lowest BCUT2D eigenvalue weighted by molar-refractivity contribution is -0.159. The molecule has 1 aromatic heterocycles. The van der Waals surface area contributed by atoms with Gasteiger partial charge in [0.2, 0.25) is 5.91 Å². The van der Waals surface area contributed by atoms with Gasteiger partial charge < -0.3 is 25.0 Å². The highest BCUT2D eigenvalue weighted by Crippen LogP contribution is 2.18. The van der Waals surface area contributed by atoms with Crippen LogP contribution in [-0.4, -0.2) is 83.9 Å². The van der Waals surface area contributed by atoms with Crippen LogP contribution in [0, 0.1) is 5.92 Å². The lowest BCUT2D eigenvalue weighted by Crippen LogP contribution is -2.40. The zero-order chi connectivity index (χ0) is 22.5. The van der Waals surface area contributed by atoms with Gasteiger partial charge in [-0.25, -0.2) is 14.6 Å². The molecular weight excluding hydrogens is 418 g/mol. The largest absolute Gasteiger partial charge is 0.473 e. The van der Waals surface area contributed by atoms with Gasteiger partial charge in [0.05, 0.1) is 25.3 Å². The maximum absolute atomic E-state index is 12.1. The summed E-state index contributed by atoms with van der Waals surface area (Å²) in [6, 6.07) is 0. The van der Waals surface area contributed by atoms with Crippen LogP contribution in [0.25, 0.3) is 0 Å². The maximum Gasteiger partial charge on any atom is 0.414 e. The van der Waals surface area contributed by atoms with Crippen LogP contribution in [0.15, 0.2) is 5.38 Å². The maximum atomic E-state index is 12.1. The Hall–Kier alpha value is -2.57. The van der Waals surface area contributed by atoms with E-state index in [2.05, 4.69) is 15.2 Å². The SMILES string of the molecule is CCOC(=O)Cc1csc(NC(=O)CN2CCC(COC)CC2)n1.O=C(O)C(=O)O. The summed E-state index contributed by atoms with van der Waals surface area (Å²) in [5.41, 5.74) is 0.620. The Kier molecular flexibility index (Phi) is 11.6. The molecule has 0 aliphatic carbocycles. The van der Waals surface area contributed by atoms with E-state index in [1.54, 1.807) is 19.4 Å². The summed E-state index contributed by atoms with van der Waals surface area (Å²) < 4.78 is 10.1. The first kappa shape index (κ1) is 25.5. The van der Waals surface area contributed by atoms with E-state index in [1.807, 2.05) is 0 Å². The second-order valence-corrected chi connectivity index (χ2v) is 7.32. The molecule has 30 heavy (non-hydrogen) atoms. The Morgan fingerprint density at radius 1 is 1.23 bits per heavy atom. The summed E-state index contributed by atoms with van der Waals surface area (Å²) in [6.07, 6.45) is 2.25. The second-order valence-electron chi connectivity index (χ2n) is 6.46. The number of hydrogen-bond donors (Lipinski definition) is 3. The Bertz CT molecular complexity index is 704. The molecule has 0 spiro atoms. The predicted octanol–water partition coefficient (Wildman–Crippen LogP) is 0.701. The number of nitrogens with one attached hydrogen (secondary N) is 1. The standard InChI is InChI=1S/C16H25N3O4S.C2H2O4/c1-3-23-15(21)8-13-11-24-16(17-13)18-14(20)9-19-6-4-12(5-7-19)10-22-2;3-1(4)2(5)6/h11-12H,3-10H2,1-2H3,(H,17,18,20);(H,3,4)(H,5,6). The van der Waals surface area contributed by atoms with E-state index in [1.165, 1.54) is 11.3 Å². The Morgan fingerprint density at radius 3 is 2.40 bits per heavy atom. The average molecular weight is 445 g/mol. The molecular formula is C18H27N3O8S. The van der Waals surface area contributed by atoms with E-state index in [-0.39, 0.29) is 18.3 Å². The first-order valence-corrected chi connectivity index (χ1v) is 10.2. The number of carbonyl (C=O) groups excluding carboxylic acids is 2. The molecule has 1 fully saturated rings. The van der Waals surface area contributed by atoms with Crippen molar-refractivity contribution in [2.75, 3.05) is 45.3 Å². The summed E-state index contributed by atoms with van der Waals surface area (Å²) in [7, 11) is 1.73. The van der Waals surface area contributed by atoms with E-state index < -0.39 is 11.9 Å². The number of likely N-dealkylation sites (tertiary alicyclic amines) is 1. The van der Waals surface area contributed by atoms with Gasteiger partial charge in [-0.15, -0.1) is 11.3 Å². The van der Waals surface area contributed by atoms with E-state index in [9.17, 15) is 9.59 Å². The minimum atomic E-state index is -1.82. The monoisotopic (exact) mass is 445 g/mol. The molecule has 168 valence electrons. The highest BCUT2D eigenvalue weighted by Gasteiger charge is 2.21. The van der Waals surface area contributed by atoms with Crippen molar-refractivity contribution in [2.45, 2.75) is 26.2 Å². The lowest BCUT2D eigenvalue weighted by Gasteiger charge is -2.30. The second kappa shape index (κ2) is 13.6. The number of anilines is 1. The molecule has 1 saturated heterocycles. The lowest BCUT2D eigenvalue weighted by atomic mass is 9.98. The number of methoxy groups -OCH3 is 1. The number of nitrogens with zero attached hydrogens (tertiary/aromatic N) is 2. The topological polar surface area (TPSA) is 155 Å². The molecule has 1 aliphatic rings. The molecule has 12 heteroatoms. The van der Waals surface area contributed by atoms with Crippen molar-refractivity contribution in [3.8, 4) is 0 Å². The van der Waals surface area contributed by atoms with Crippen molar-refractivity contribution in [1.29, 1.82) is 0 Å². The van der Waals surface area contributed by atoms with Crippen LogP contribution in [-0.2, 0) is 35.1 Å². The first-order valence-electron chi connectivity index (χ1n) is 9.32. The zero-order valence-electron chi connectivity index (χ0n) is 17.0. The molecule has 1 amide bonds. The molecule has 1 aromatic rings.